The van der Waals surface area contributed by atoms with Gasteiger partial charge in [-0.25, -0.2) is 17.7 Å². The number of aryl methyl sites for hydroxylation is 1. The normalized spacial score (nSPS) is 11.5. The number of carbonyl (C=O) groups excluding carboxylic acids is 1. The molecule has 0 saturated heterocycles. The number of sulfonamides is 1. The first-order valence-electron chi connectivity index (χ1n) is 6.57. The van der Waals surface area contributed by atoms with Gasteiger partial charge >= 0.3 is 0 Å². The van der Waals surface area contributed by atoms with Crippen LogP contribution in [0.3, 0.4) is 0 Å². The summed E-state index contributed by atoms with van der Waals surface area (Å²) >= 11 is 0. The number of hydrogen-bond acceptors (Lipinski definition) is 4. The van der Waals surface area contributed by atoms with Crippen molar-refractivity contribution in [2.24, 2.45) is 0 Å². The van der Waals surface area contributed by atoms with Gasteiger partial charge in [0, 0.05) is 25.9 Å². The third-order valence-electron chi connectivity index (χ3n) is 3.05. The minimum absolute atomic E-state index is 0.141. The van der Waals surface area contributed by atoms with Crippen LogP contribution in [0.5, 0.6) is 0 Å². The molecule has 1 heterocycles. The molecule has 0 bridgehead atoms. The molecule has 0 fully saturated rings. The van der Waals surface area contributed by atoms with Crippen molar-refractivity contribution < 1.29 is 13.2 Å². The molecule has 0 radical (unpaired) electrons. The Morgan fingerprint density at radius 3 is 2.23 bits per heavy atom. The summed E-state index contributed by atoms with van der Waals surface area (Å²) in [6.45, 7) is 1.91. The zero-order valence-electron chi connectivity index (χ0n) is 12.6. The summed E-state index contributed by atoms with van der Waals surface area (Å²) in [7, 11) is -0.579. The van der Waals surface area contributed by atoms with Crippen molar-refractivity contribution in [3.63, 3.8) is 0 Å². The molecule has 6 nitrogen and oxygen atoms in total. The van der Waals surface area contributed by atoms with Crippen LogP contribution in [0.4, 0.5) is 5.82 Å². The highest BCUT2D eigenvalue weighted by Gasteiger charge is 2.17. The number of rotatable bonds is 4. The van der Waals surface area contributed by atoms with Crippen LogP contribution in [0.25, 0.3) is 0 Å². The van der Waals surface area contributed by atoms with E-state index in [1.165, 1.54) is 38.4 Å². The number of nitrogens with zero attached hydrogens (tertiary/aromatic N) is 2. The highest BCUT2D eigenvalue weighted by molar-refractivity contribution is 7.89. The molecule has 0 unspecified atom stereocenters. The van der Waals surface area contributed by atoms with Crippen LogP contribution < -0.4 is 5.32 Å². The van der Waals surface area contributed by atoms with Gasteiger partial charge in [0.25, 0.3) is 5.91 Å². The largest absolute Gasteiger partial charge is 0.307 e. The molecule has 0 saturated carbocycles. The van der Waals surface area contributed by atoms with Crippen LogP contribution in [0.1, 0.15) is 15.9 Å². The van der Waals surface area contributed by atoms with E-state index >= 15 is 0 Å². The highest BCUT2D eigenvalue weighted by atomic mass is 32.2. The van der Waals surface area contributed by atoms with Gasteiger partial charge < -0.3 is 5.32 Å². The van der Waals surface area contributed by atoms with Crippen LogP contribution in [0.15, 0.2) is 47.5 Å². The number of nitrogens with one attached hydrogen (secondary N) is 1. The lowest BCUT2D eigenvalue weighted by atomic mass is 10.2. The van der Waals surface area contributed by atoms with Crippen molar-refractivity contribution >= 4 is 21.7 Å². The summed E-state index contributed by atoms with van der Waals surface area (Å²) < 4.78 is 25.0. The van der Waals surface area contributed by atoms with E-state index in [1.54, 1.807) is 12.3 Å². The van der Waals surface area contributed by atoms with E-state index in [0.29, 0.717) is 11.4 Å². The standard InChI is InChI=1S/C15H17N3O3S/c1-11-4-9-14(16-10-11)17-15(19)12-5-7-13(8-6-12)22(20,21)18(2)3/h4-10H,1-3H3,(H,16,17,19). The maximum absolute atomic E-state index is 12.1. The van der Waals surface area contributed by atoms with E-state index in [0.717, 1.165) is 9.87 Å². The molecule has 7 heteroatoms. The van der Waals surface area contributed by atoms with Crippen molar-refractivity contribution in [1.82, 2.24) is 9.29 Å². The van der Waals surface area contributed by atoms with Crippen LogP contribution in [0.2, 0.25) is 0 Å². The van der Waals surface area contributed by atoms with Gasteiger partial charge in [-0.05, 0) is 42.8 Å². The Labute approximate surface area is 129 Å². The van der Waals surface area contributed by atoms with Gasteiger partial charge in [-0.1, -0.05) is 6.07 Å². The molecular weight excluding hydrogens is 302 g/mol. The predicted octanol–water partition coefficient (Wildman–Crippen LogP) is 1.89. The number of aromatic nitrogens is 1. The van der Waals surface area contributed by atoms with Gasteiger partial charge in [0.05, 0.1) is 4.90 Å². The lowest BCUT2D eigenvalue weighted by Gasteiger charge is -2.11. The Balaban J connectivity index is 2.16. The van der Waals surface area contributed by atoms with E-state index in [4.69, 9.17) is 0 Å². The topological polar surface area (TPSA) is 79.4 Å². The fourth-order valence-electron chi connectivity index (χ4n) is 1.72. The first-order valence-corrected chi connectivity index (χ1v) is 8.01. The first-order chi connectivity index (χ1) is 10.3. The molecule has 2 rings (SSSR count). The van der Waals surface area contributed by atoms with Crippen LogP contribution in [-0.4, -0.2) is 37.7 Å². The fourth-order valence-corrected chi connectivity index (χ4v) is 2.62. The van der Waals surface area contributed by atoms with Gasteiger partial charge in [-0.3, -0.25) is 4.79 Å². The molecular formula is C15H17N3O3S. The Hall–Kier alpha value is -2.25. The number of anilines is 1. The van der Waals surface area contributed by atoms with E-state index in [1.807, 2.05) is 13.0 Å². The van der Waals surface area contributed by atoms with Gasteiger partial charge in [0.15, 0.2) is 0 Å². The van der Waals surface area contributed by atoms with Crippen LogP contribution in [-0.2, 0) is 10.0 Å². The quantitative estimate of drug-likeness (QED) is 0.933. The smallest absolute Gasteiger partial charge is 0.256 e. The molecule has 0 aliphatic rings. The molecule has 0 aliphatic carbocycles. The Morgan fingerprint density at radius 2 is 1.73 bits per heavy atom. The Bertz CT molecular complexity index is 767. The number of hydrogen-bond donors (Lipinski definition) is 1. The SMILES string of the molecule is Cc1ccc(NC(=O)c2ccc(S(=O)(=O)N(C)C)cc2)nc1. The first kappa shape index (κ1) is 16.1. The third kappa shape index (κ3) is 3.49. The number of benzene rings is 1. The molecule has 0 spiro atoms. The minimum Gasteiger partial charge on any atom is -0.307 e. The molecule has 1 amide bonds. The van der Waals surface area contributed by atoms with Crippen molar-refractivity contribution in [3.8, 4) is 0 Å². The van der Waals surface area contributed by atoms with Crippen molar-refractivity contribution in [2.75, 3.05) is 19.4 Å². The Morgan fingerprint density at radius 1 is 1.09 bits per heavy atom. The maximum atomic E-state index is 12.1. The summed E-state index contributed by atoms with van der Waals surface area (Å²) in [5, 5.41) is 2.66. The molecule has 116 valence electrons. The van der Waals surface area contributed by atoms with E-state index in [9.17, 15) is 13.2 Å². The second-order valence-corrected chi connectivity index (χ2v) is 7.14. The summed E-state index contributed by atoms with van der Waals surface area (Å²) in [6, 6.07) is 9.31. The molecule has 1 aromatic carbocycles. The van der Waals surface area contributed by atoms with Crippen molar-refractivity contribution in [3.05, 3.63) is 53.7 Å². The highest BCUT2D eigenvalue weighted by Crippen LogP contribution is 2.15. The van der Waals surface area contributed by atoms with Gasteiger partial charge in [-0.15, -0.1) is 0 Å². The monoisotopic (exact) mass is 319 g/mol. The third-order valence-corrected chi connectivity index (χ3v) is 4.88. The average molecular weight is 319 g/mol. The maximum Gasteiger partial charge on any atom is 0.256 e. The number of carbonyl (C=O) groups is 1. The summed E-state index contributed by atoms with van der Waals surface area (Å²) in [4.78, 5) is 16.3. The van der Waals surface area contributed by atoms with Crippen molar-refractivity contribution in [1.29, 1.82) is 0 Å². The summed E-state index contributed by atoms with van der Waals surface area (Å²) in [5.41, 5.74) is 1.36. The minimum atomic E-state index is -3.49. The second kappa shape index (κ2) is 6.25. The van der Waals surface area contributed by atoms with Crippen LogP contribution in [0, 0.1) is 6.92 Å². The lowest BCUT2D eigenvalue weighted by Crippen LogP contribution is -2.22. The van der Waals surface area contributed by atoms with Gasteiger partial charge in [-0.2, -0.15) is 0 Å². The molecule has 22 heavy (non-hydrogen) atoms. The zero-order chi connectivity index (χ0) is 16.3. The lowest BCUT2D eigenvalue weighted by molar-refractivity contribution is 0.102. The van der Waals surface area contributed by atoms with Crippen LogP contribution >= 0.6 is 0 Å². The molecule has 0 aliphatic heterocycles. The van der Waals surface area contributed by atoms with Gasteiger partial charge in [0.1, 0.15) is 5.82 Å². The number of amides is 1. The predicted molar refractivity (Wildman–Crippen MR) is 84.2 cm³/mol. The fraction of sp³-hybridized carbons (Fsp3) is 0.200. The average Bonchev–Trinajstić information content (AvgIpc) is 2.49. The van der Waals surface area contributed by atoms with E-state index < -0.39 is 10.0 Å². The zero-order valence-corrected chi connectivity index (χ0v) is 13.4. The van der Waals surface area contributed by atoms with Gasteiger partial charge in [0.2, 0.25) is 10.0 Å². The summed E-state index contributed by atoms with van der Waals surface area (Å²) in [6.07, 6.45) is 1.66. The number of pyridine rings is 1. The summed E-state index contributed by atoms with van der Waals surface area (Å²) in [5.74, 6) is 0.103. The van der Waals surface area contributed by atoms with E-state index in [-0.39, 0.29) is 10.8 Å². The Kier molecular flexibility index (Phi) is 4.58. The second-order valence-electron chi connectivity index (χ2n) is 4.99. The molecule has 1 aromatic heterocycles. The molecule has 1 N–H and O–H groups in total. The molecule has 0 atom stereocenters. The molecule has 2 aromatic rings. The van der Waals surface area contributed by atoms with Crippen molar-refractivity contribution in [2.45, 2.75) is 11.8 Å². The van der Waals surface area contributed by atoms with E-state index in [2.05, 4.69) is 10.3 Å².